The van der Waals surface area contributed by atoms with Crippen LogP contribution in [0.3, 0.4) is 0 Å². The maximum Gasteiger partial charge on any atom is 0.169 e. The largest absolute Gasteiger partial charge is 0.350 e. The highest BCUT2D eigenvalue weighted by Gasteiger charge is 2.32. The Morgan fingerprint density at radius 1 is 1.33 bits per heavy atom. The molecule has 0 N–H and O–H groups in total. The van der Waals surface area contributed by atoms with E-state index in [1.807, 2.05) is 25.1 Å². The van der Waals surface area contributed by atoms with Crippen LogP contribution in [-0.2, 0) is 15.9 Å². The Balaban J connectivity index is 2.04. The second-order valence-electron chi connectivity index (χ2n) is 4.36. The van der Waals surface area contributed by atoms with Crippen molar-refractivity contribution in [3.8, 4) is 0 Å². The first-order valence-electron chi connectivity index (χ1n) is 5.54. The van der Waals surface area contributed by atoms with Gasteiger partial charge in [-0.05, 0) is 25.8 Å². The molecule has 0 saturated carbocycles. The van der Waals surface area contributed by atoms with E-state index in [-0.39, 0.29) is 0 Å². The second kappa shape index (κ2) is 4.33. The molecule has 0 bridgehead atoms. The summed E-state index contributed by atoms with van der Waals surface area (Å²) in [5, 5.41) is 0. The van der Waals surface area contributed by atoms with E-state index < -0.39 is 5.79 Å². The first-order chi connectivity index (χ1) is 7.18. The smallest absolute Gasteiger partial charge is 0.169 e. The molecular formula is C13H18O2. The van der Waals surface area contributed by atoms with Crippen LogP contribution in [0.4, 0.5) is 0 Å². The first kappa shape index (κ1) is 10.7. The lowest BCUT2D eigenvalue weighted by molar-refractivity contribution is -0.278. The highest BCUT2D eigenvalue weighted by molar-refractivity contribution is 5.16. The van der Waals surface area contributed by atoms with Crippen LogP contribution in [0.5, 0.6) is 0 Å². The molecule has 1 aliphatic heterocycles. The summed E-state index contributed by atoms with van der Waals surface area (Å²) in [4.78, 5) is 0. The van der Waals surface area contributed by atoms with Crippen LogP contribution in [0.25, 0.3) is 0 Å². The van der Waals surface area contributed by atoms with Gasteiger partial charge in [0.2, 0.25) is 0 Å². The van der Waals surface area contributed by atoms with E-state index in [4.69, 9.17) is 9.47 Å². The molecule has 1 aromatic carbocycles. The summed E-state index contributed by atoms with van der Waals surface area (Å²) in [6, 6.07) is 10.3. The first-order valence-corrected chi connectivity index (χ1v) is 5.54. The van der Waals surface area contributed by atoms with Crippen LogP contribution >= 0.6 is 0 Å². The van der Waals surface area contributed by atoms with Crippen LogP contribution in [0.2, 0.25) is 0 Å². The molecule has 2 atom stereocenters. The van der Waals surface area contributed by atoms with Gasteiger partial charge in [0.1, 0.15) is 0 Å². The number of hydrogen-bond donors (Lipinski definition) is 0. The highest BCUT2D eigenvalue weighted by atomic mass is 16.7. The van der Waals surface area contributed by atoms with Crippen molar-refractivity contribution in [1.29, 1.82) is 0 Å². The van der Waals surface area contributed by atoms with Gasteiger partial charge in [-0.3, -0.25) is 0 Å². The maximum atomic E-state index is 5.86. The van der Waals surface area contributed by atoms with Gasteiger partial charge < -0.3 is 9.47 Å². The summed E-state index contributed by atoms with van der Waals surface area (Å²) in [6.45, 7) is 4.92. The van der Waals surface area contributed by atoms with E-state index in [0.717, 1.165) is 19.4 Å². The third kappa shape index (κ3) is 2.80. The minimum atomic E-state index is -0.445. The fourth-order valence-corrected chi connectivity index (χ4v) is 2.02. The van der Waals surface area contributed by atoms with Crippen molar-refractivity contribution in [3.05, 3.63) is 35.9 Å². The summed E-state index contributed by atoms with van der Waals surface area (Å²) in [6.07, 6.45) is 2.11. The molecule has 15 heavy (non-hydrogen) atoms. The molecule has 1 aromatic rings. The molecule has 0 spiro atoms. The normalized spacial score (nSPS) is 31.5. The lowest BCUT2D eigenvalue weighted by Crippen LogP contribution is -2.42. The predicted octanol–water partition coefficient (Wildman–Crippen LogP) is 2.77. The third-order valence-electron chi connectivity index (χ3n) is 2.75. The van der Waals surface area contributed by atoms with Crippen molar-refractivity contribution in [2.75, 3.05) is 6.61 Å². The molecule has 0 aliphatic carbocycles. The number of ether oxygens (including phenoxy) is 2. The zero-order chi connectivity index (χ0) is 10.7. The summed E-state index contributed by atoms with van der Waals surface area (Å²) in [5.41, 5.74) is 1.26. The lowest BCUT2D eigenvalue weighted by Gasteiger charge is -2.37. The number of rotatable bonds is 2. The molecule has 2 rings (SSSR count). The van der Waals surface area contributed by atoms with E-state index in [0.29, 0.717) is 6.10 Å². The Morgan fingerprint density at radius 2 is 2.07 bits per heavy atom. The highest BCUT2D eigenvalue weighted by Crippen LogP contribution is 2.26. The van der Waals surface area contributed by atoms with Crippen molar-refractivity contribution in [2.24, 2.45) is 0 Å². The Bertz CT molecular complexity index is 310. The van der Waals surface area contributed by atoms with Gasteiger partial charge in [0, 0.05) is 6.42 Å². The summed E-state index contributed by atoms with van der Waals surface area (Å²) >= 11 is 0. The van der Waals surface area contributed by atoms with Gasteiger partial charge in [0.25, 0.3) is 0 Å². The third-order valence-corrected chi connectivity index (χ3v) is 2.75. The molecule has 0 radical (unpaired) electrons. The Kier molecular flexibility index (Phi) is 3.08. The average molecular weight is 206 g/mol. The van der Waals surface area contributed by atoms with E-state index in [9.17, 15) is 0 Å². The van der Waals surface area contributed by atoms with E-state index in [1.165, 1.54) is 5.56 Å². The second-order valence-corrected chi connectivity index (χ2v) is 4.36. The van der Waals surface area contributed by atoms with Crippen molar-refractivity contribution in [3.63, 3.8) is 0 Å². The molecule has 1 saturated heterocycles. The molecule has 82 valence electrons. The predicted molar refractivity (Wildman–Crippen MR) is 59.7 cm³/mol. The van der Waals surface area contributed by atoms with Crippen molar-refractivity contribution < 1.29 is 9.47 Å². The molecule has 0 unspecified atom stereocenters. The fourth-order valence-electron chi connectivity index (χ4n) is 2.02. The minimum absolute atomic E-state index is 0.299. The van der Waals surface area contributed by atoms with Gasteiger partial charge in [-0.15, -0.1) is 0 Å². The van der Waals surface area contributed by atoms with Gasteiger partial charge in [-0.25, -0.2) is 0 Å². The molecular weight excluding hydrogens is 188 g/mol. The Morgan fingerprint density at radius 3 is 2.73 bits per heavy atom. The van der Waals surface area contributed by atoms with Crippen LogP contribution in [-0.4, -0.2) is 18.5 Å². The number of hydrogen-bond acceptors (Lipinski definition) is 2. The molecule has 1 aliphatic rings. The zero-order valence-corrected chi connectivity index (χ0v) is 9.40. The van der Waals surface area contributed by atoms with E-state index in [2.05, 4.69) is 19.1 Å². The molecule has 0 amide bonds. The van der Waals surface area contributed by atoms with Gasteiger partial charge in [-0.2, -0.15) is 0 Å². The van der Waals surface area contributed by atoms with Gasteiger partial charge in [0.05, 0.1) is 12.7 Å². The topological polar surface area (TPSA) is 18.5 Å². The van der Waals surface area contributed by atoms with E-state index >= 15 is 0 Å². The van der Waals surface area contributed by atoms with Crippen molar-refractivity contribution >= 4 is 0 Å². The summed E-state index contributed by atoms with van der Waals surface area (Å²) < 4.78 is 11.6. The minimum Gasteiger partial charge on any atom is -0.350 e. The molecule has 2 nitrogen and oxygen atoms in total. The summed E-state index contributed by atoms with van der Waals surface area (Å²) in [7, 11) is 0. The Labute approximate surface area is 91.2 Å². The van der Waals surface area contributed by atoms with Gasteiger partial charge in [-0.1, -0.05) is 30.3 Å². The maximum absolute atomic E-state index is 5.86. The molecule has 1 heterocycles. The van der Waals surface area contributed by atoms with Crippen molar-refractivity contribution in [1.82, 2.24) is 0 Å². The van der Waals surface area contributed by atoms with Crippen LogP contribution in [0.1, 0.15) is 25.8 Å². The fraction of sp³-hybridized carbons (Fsp3) is 0.538. The van der Waals surface area contributed by atoms with Gasteiger partial charge >= 0.3 is 0 Å². The zero-order valence-electron chi connectivity index (χ0n) is 9.40. The Hall–Kier alpha value is -0.860. The van der Waals surface area contributed by atoms with Crippen LogP contribution in [0, 0.1) is 0 Å². The van der Waals surface area contributed by atoms with E-state index in [1.54, 1.807) is 0 Å². The number of benzene rings is 1. The lowest BCUT2D eigenvalue weighted by atomic mass is 10.0. The van der Waals surface area contributed by atoms with Gasteiger partial charge in [0.15, 0.2) is 5.79 Å². The quantitative estimate of drug-likeness (QED) is 0.740. The van der Waals surface area contributed by atoms with Crippen LogP contribution in [0.15, 0.2) is 30.3 Å². The summed E-state index contributed by atoms with van der Waals surface area (Å²) in [5.74, 6) is -0.445. The SMILES string of the molecule is C[C@H]1CCO[C@](C)(Cc2ccccc2)O1. The monoisotopic (exact) mass is 206 g/mol. The van der Waals surface area contributed by atoms with Crippen LogP contribution < -0.4 is 0 Å². The molecule has 1 fully saturated rings. The average Bonchev–Trinajstić information content (AvgIpc) is 2.18. The van der Waals surface area contributed by atoms with Crippen molar-refractivity contribution in [2.45, 2.75) is 38.6 Å². The molecule has 0 aromatic heterocycles. The molecule has 2 heteroatoms. The standard InChI is InChI=1S/C13H18O2/c1-11-8-9-14-13(2,15-11)10-12-6-4-3-5-7-12/h3-7,11H,8-10H2,1-2H3/t11-,13-/m0/s1.